The molecule has 0 radical (unpaired) electrons. The molecule has 1 aromatic heterocycles. The minimum absolute atomic E-state index is 0.0452. The third kappa shape index (κ3) is 5.43. The van der Waals surface area contributed by atoms with Crippen molar-refractivity contribution in [2.75, 3.05) is 44.2 Å². The van der Waals surface area contributed by atoms with Gasteiger partial charge in [-0.15, -0.1) is 11.3 Å². The van der Waals surface area contributed by atoms with Crippen LogP contribution in [0.15, 0.2) is 41.8 Å². The number of amides is 2. The van der Waals surface area contributed by atoms with Gasteiger partial charge in [-0.1, -0.05) is 18.2 Å². The van der Waals surface area contributed by atoms with E-state index in [1.807, 2.05) is 44.4 Å². The zero-order valence-electron chi connectivity index (χ0n) is 18.4. The molecular weight excluding hydrogens is 415 g/mol. The van der Waals surface area contributed by atoms with Crippen LogP contribution in [0.3, 0.4) is 0 Å². The van der Waals surface area contributed by atoms with Crippen molar-refractivity contribution in [3.05, 3.63) is 52.5 Å². The highest BCUT2D eigenvalue weighted by atomic mass is 32.1. The van der Waals surface area contributed by atoms with Crippen molar-refractivity contribution in [3.63, 3.8) is 0 Å². The Hall–Kier alpha value is -2.45. The summed E-state index contributed by atoms with van der Waals surface area (Å²) >= 11 is 1.64. The van der Waals surface area contributed by atoms with E-state index in [9.17, 15) is 14.0 Å². The van der Waals surface area contributed by atoms with E-state index in [0.717, 1.165) is 18.0 Å². The largest absolute Gasteiger partial charge is 0.367 e. The van der Waals surface area contributed by atoms with E-state index in [0.29, 0.717) is 31.9 Å². The minimum atomic E-state index is -0.567. The molecule has 0 aliphatic carbocycles. The molecule has 0 saturated carbocycles. The van der Waals surface area contributed by atoms with Crippen LogP contribution in [-0.4, -0.2) is 66.9 Å². The van der Waals surface area contributed by atoms with E-state index in [1.165, 1.54) is 11.0 Å². The molecule has 1 fully saturated rings. The number of benzene rings is 1. The molecule has 1 N–H and O–H groups in total. The van der Waals surface area contributed by atoms with Gasteiger partial charge in [-0.3, -0.25) is 14.5 Å². The molecule has 0 spiro atoms. The maximum Gasteiger partial charge on any atom is 0.311 e. The monoisotopic (exact) mass is 446 g/mol. The number of anilines is 1. The number of carbonyl (C=O) groups excluding carboxylic acids is 2. The molecule has 8 heteroatoms. The van der Waals surface area contributed by atoms with Crippen LogP contribution >= 0.6 is 11.3 Å². The number of carbonyl (C=O) groups is 2. The molecule has 2 heterocycles. The Balaban J connectivity index is 1.70. The van der Waals surface area contributed by atoms with Gasteiger partial charge >= 0.3 is 11.8 Å². The Morgan fingerprint density at radius 2 is 1.77 bits per heavy atom. The highest BCUT2D eigenvalue weighted by Gasteiger charge is 2.32. The first kappa shape index (κ1) is 23.2. The van der Waals surface area contributed by atoms with Crippen LogP contribution in [-0.2, 0) is 9.59 Å². The van der Waals surface area contributed by atoms with Crippen molar-refractivity contribution in [2.45, 2.75) is 32.9 Å². The summed E-state index contributed by atoms with van der Waals surface area (Å²) < 4.78 is 14.2. The van der Waals surface area contributed by atoms with Gasteiger partial charge in [-0.25, -0.2) is 4.39 Å². The van der Waals surface area contributed by atoms with Gasteiger partial charge in [0.1, 0.15) is 5.82 Å². The molecule has 2 amide bonds. The Kier molecular flexibility index (Phi) is 8.03. The van der Waals surface area contributed by atoms with E-state index in [1.54, 1.807) is 17.4 Å². The van der Waals surface area contributed by atoms with Gasteiger partial charge in [0.15, 0.2) is 0 Å². The fourth-order valence-corrected chi connectivity index (χ4v) is 5.12. The second-order valence-electron chi connectivity index (χ2n) is 7.67. The summed E-state index contributed by atoms with van der Waals surface area (Å²) in [5.74, 6) is -1.27. The smallest absolute Gasteiger partial charge is 0.311 e. The number of thiophene rings is 1. The number of hydrogen-bond acceptors (Lipinski definition) is 5. The van der Waals surface area contributed by atoms with Crippen molar-refractivity contribution in [1.29, 1.82) is 0 Å². The Labute approximate surface area is 187 Å². The van der Waals surface area contributed by atoms with E-state index < -0.39 is 11.8 Å². The molecule has 2 atom stereocenters. The number of piperazine rings is 1. The van der Waals surface area contributed by atoms with E-state index in [-0.39, 0.29) is 17.9 Å². The van der Waals surface area contributed by atoms with Crippen molar-refractivity contribution < 1.29 is 14.0 Å². The Morgan fingerprint density at radius 3 is 2.35 bits per heavy atom. The SMILES string of the molecule is CCN(CC)C(=O)C(=O)N[C@@H](C)[C@@H](c1cccs1)N1CCN(c2ccccc2F)CC1. The molecule has 1 saturated heterocycles. The predicted octanol–water partition coefficient (Wildman–Crippen LogP) is 3.12. The Morgan fingerprint density at radius 1 is 1.10 bits per heavy atom. The van der Waals surface area contributed by atoms with Crippen molar-refractivity contribution in [1.82, 2.24) is 15.1 Å². The first-order valence-corrected chi connectivity index (χ1v) is 11.7. The lowest BCUT2D eigenvalue weighted by Crippen LogP contribution is -2.54. The standard InChI is InChI=1S/C23H31FN4O2S/c1-4-26(5-2)23(30)22(29)25-17(3)21(20-11-8-16-31-20)28-14-12-27(13-15-28)19-10-7-6-9-18(19)24/h6-11,16-17,21H,4-5,12-15H2,1-3H3,(H,25,29)/t17-,21-/m0/s1. The van der Waals surface area contributed by atoms with Crippen LogP contribution in [0.4, 0.5) is 10.1 Å². The average molecular weight is 447 g/mol. The van der Waals surface area contributed by atoms with Gasteiger partial charge in [0, 0.05) is 50.2 Å². The zero-order valence-corrected chi connectivity index (χ0v) is 19.2. The van der Waals surface area contributed by atoms with Gasteiger partial charge in [0.25, 0.3) is 0 Å². The van der Waals surface area contributed by atoms with Crippen molar-refractivity contribution in [2.24, 2.45) is 0 Å². The number of nitrogens with zero attached hydrogens (tertiary/aromatic N) is 3. The predicted molar refractivity (Wildman–Crippen MR) is 123 cm³/mol. The second kappa shape index (κ2) is 10.7. The van der Waals surface area contributed by atoms with Gasteiger partial charge < -0.3 is 15.1 Å². The van der Waals surface area contributed by atoms with E-state index in [2.05, 4.69) is 21.2 Å². The third-order valence-corrected chi connectivity index (χ3v) is 6.76. The number of halogens is 1. The third-order valence-electron chi connectivity index (χ3n) is 5.81. The molecule has 1 aromatic carbocycles. The van der Waals surface area contributed by atoms with Gasteiger partial charge in [0.2, 0.25) is 0 Å². The number of rotatable bonds is 7. The topological polar surface area (TPSA) is 55.9 Å². The fourth-order valence-electron chi connectivity index (χ4n) is 4.15. The van der Waals surface area contributed by atoms with Crippen LogP contribution in [0.2, 0.25) is 0 Å². The molecule has 1 aliphatic rings. The molecule has 0 unspecified atom stereocenters. The normalized spacial score (nSPS) is 16.6. The lowest BCUT2D eigenvalue weighted by atomic mass is 10.0. The molecule has 0 bridgehead atoms. The van der Waals surface area contributed by atoms with E-state index >= 15 is 0 Å². The first-order valence-electron chi connectivity index (χ1n) is 10.8. The molecule has 6 nitrogen and oxygen atoms in total. The summed E-state index contributed by atoms with van der Waals surface area (Å²) in [5.41, 5.74) is 0.626. The molecule has 1 aliphatic heterocycles. The average Bonchev–Trinajstić information content (AvgIpc) is 3.30. The fraction of sp³-hybridized carbons (Fsp3) is 0.478. The number of para-hydroxylation sites is 1. The lowest BCUT2D eigenvalue weighted by molar-refractivity contribution is -0.146. The van der Waals surface area contributed by atoms with Crippen molar-refractivity contribution in [3.8, 4) is 0 Å². The maximum absolute atomic E-state index is 14.2. The lowest BCUT2D eigenvalue weighted by Gasteiger charge is -2.42. The van der Waals surface area contributed by atoms with Crippen LogP contribution in [0.5, 0.6) is 0 Å². The highest BCUT2D eigenvalue weighted by molar-refractivity contribution is 7.10. The van der Waals surface area contributed by atoms with Crippen LogP contribution in [0.1, 0.15) is 31.7 Å². The molecule has 31 heavy (non-hydrogen) atoms. The zero-order chi connectivity index (χ0) is 22.4. The number of likely N-dealkylation sites (N-methyl/N-ethyl adjacent to an activating group) is 1. The summed E-state index contributed by atoms with van der Waals surface area (Å²) in [7, 11) is 0. The summed E-state index contributed by atoms with van der Waals surface area (Å²) in [6.45, 7) is 9.54. The van der Waals surface area contributed by atoms with Gasteiger partial charge in [-0.05, 0) is 44.4 Å². The molecule has 3 rings (SSSR count). The number of nitrogens with one attached hydrogen (secondary N) is 1. The van der Waals surface area contributed by atoms with Crippen LogP contribution in [0.25, 0.3) is 0 Å². The molecular formula is C23H31FN4O2S. The van der Waals surface area contributed by atoms with E-state index in [4.69, 9.17) is 0 Å². The van der Waals surface area contributed by atoms with Crippen LogP contribution < -0.4 is 10.2 Å². The summed E-state index contributed by atoms with van der Waals surface area (Å²) in [4.78, 5) is 32.0. The molecule has 2 aromatic rings. The summed E-state index contributed by atoms with van der Waals surface area (Å²) in [5, 5.41) is 4.95. The van der Waals surface area contributed by atoms with Gasteiger partial charge in [-0.2, -0.15) is 0 Å². The quantitative estimate of drug-likeness (QED) is 0.664. The minimum Gasteiger partial charge on any atom is -0.367 e. The first-order chi connectivity index (χ1) is 15.0. The summed E-state index contributed by atoms with van der Waals surface area (Å²) in [6, 6.07) is 10.6. The highest BCUT2D eigenvalue weighted by Crippen LogP contribution is 2.30. The summed E-state index contributed by atoms with van der Waals surface area (Å²) in [6.07, 6.45) is 0. The van der Waals surface area contributed by atoms with Crippen LogP contribution in [0, 0.1) is 5.82 Å². The maximum atomic E-state index is 14.2. The van der Waals surface area contributed by atoms with Crippen molar-refractivity contribution >= 4 is 28.8 Å². The Bertz CT molecular complexity index is 864. The van der Waals surface area contributed by atoms with Gasteiger partial charge in [0.05, 0.1) is 11.7 Å². The number of hydrogen-bond donors (Lipinski definition) is 1. The second-order valence-corrected chi connectivity index (χ2v) is 8.65. The molecule has 168 valence electrons.